The van der Waals surface area contributed by atoms with Crippen LogP contribution in [0.15, 0.2) is 42.5 Å². The van der Waals surface area contributed by atoms with E-state index in [-0.39, 0.29) is 18.0 Å². The fourth-order valence-electron chi connectivity index (χ4n) is 3.96. The van der Waals surface area contributed by atoms with Crippen molar-refractivity contribution in [2.24, 2.45) is 0 Å². The Morgan fingerprint density at radius 2 is 1.86 bits per heavy atom. The van der Waals surface area contributed by atoms with Gasteiger partial charge in [-0.25, -0.2) is 4.79 Å². The Bertz CT molecular complexity index is 971. The molecule has 0 spiro atoms. The lowest BCUT2D eigenvalue weighted by molar-refractivity contribution is 0.0526. The first-order chi connectivity index (χ1) is 14.0. The first-order valence-electron chi connectivity index (χ1n) is 9.76. The van der Waals surface area contributed by atoms with Gasteiger partial charge in [-0.2, -0.15) is 0 Å². The van der Waals surface area contributed by atoms with E-state index in [0.717, 1.165) is 25.1 Å². The maximum atomic E-state index is 12.7. The summed E-state index contributed by atoms with van der Waals surface area (Å²) in [6, 6.07) is 11.7. The van der Waals surface area contributed by atoms with E-state index in [4.69, 9.17) is 4.74 Å². The summed E-state index contributed by atoms with van der Waals surface area (Å²) < 4.78 is 4.96. The molecule has 2 aliphatic rings. The van der Waals surface area contributed by atoms with Gasteiger partial charge in [-0.15, -0.1) is 0 Å². The summed E-state index contributed by atoms with van der Waals surface area (Å²) in [6.45, 7) is 2.84. The van der Waals surface area contributed by atoms with E-state index < -0.39 is 5.97 Å². The van der Waals surface area contributed by atoms with Crippen LogP contribution in [0.2, 0.25) is 0 Å². The zero-order valence-electron chi connectivity index (χ0n) is 16.5. The highest BCUT2D eigenvalue weighted by molar-refractivity contribution is 6.08. The number of carbonyl (C=O) groups excluding carboxylic acids is 3. The summed E-state index contributed by atoms with van der Waals surface area (Å²) in [4.78, 5) is 41.1. The molecule has 1 atom stereocenters. The molecule has 1 fully saturated rings. The molecule has 2 aliphatic heterocycles. The van der Waals surface area contributed by atoms with Crippen LogP contribution in [0, 0.1) is 0 Å². The lowest BCUT2D eigenvalue weighted by atomic mass is 10.0. The number of hydrogen-bond acceptors (Lipinski definition) is 5. The number of amides is 2. The van der Waals surface area contributed by atoms with Crippen molar-refractivity contribution >= 4 is 29.2 Å². The molecule has 0 aromatic heterocycles. The van der Waals surface area contributed by atoms with Crippen LogP contribution < -0.4 is 10.2 Å². The Balaban J connectivity index is 1.52. The average Bonchev–Trinajstić information content (AvgIpc) is 3.23. The van der Waals surface area contributed by atoms with Crippen molar-refractivity contribution in [1.29, 1.82) is 0 Å². The van der Waals surface area contributed by atoms with E-state index in [2.05, 4.69) is 10.2 Å². The third-order valence-electron chi connectivity index (χ3n) is 5.45. The lowest BCUT2D eigenvalue weighted by Crippen LogP contribution is -2.50. The average molecular weight is 393 g/mol. The van der Waals surface area contributed by atoms with Crippen LogP contribution in [0.25, 0.3) is 0 Å². The monoisotopic (exact) mass is 393 g/mol. The van der Waals surface area contributed by atoms with Crippen LogP contribution in [0.5, 0.6) is 0 Å². The third-order valence-corrected chi connectivity index (χ3v) is 5.45. The quantitative estimate of drug-likeness (QED) is 0.808. The minimum absolute atomic E-state index is 0.0297. The van der Waals surface area contributed by atoms with Gasteiger partial charge in [0, 0.05) is 24.8 Å². The van der Waals surface area contributed by atoms with E-state index in [0.29, 0.717) is 29.0 Å². The number of carbonyl (C=O) groups is 3. The van der Waals surface area contributed by atoms with Crippen molar-refractivity contribution in [3.8, 4) is 0 Å². The van der Waals surface area contributed by atoms with Gasteiger partial charge in [-0.05, 0) is 62.2 Å². The number of hydrogen-bond donors (Lipinski definition) is 1. The fourth-order valence-corrected chi connectivity index (χ4v) is 3.96. The van der Waals surface area contributed by atoms with Crippen molar-refractivity contribution in [2.75, 3.05) is 30.4 Å². The van der Waals surface area contributed by atoms with Gasteiger partial charge in [0.05, 0.1) is 23.4 Å². The summed E-state index contributed by atoms with van der Waals surface area (Å²) >= 11 is 0. The van der Waals surface area contributed by atoms with E-state index in [9.17, 15) is 14.4 Å². The van der Waals surface area contributed by atoms with Crippen molar-refractivity contribution < 1.29 is 19.1 Å². The fraction of sp³-hybridized carbons (Fsp3) is 0.318. The van der Waals surface area contributed by atoms with Gasteiger partial charge in [0.1, 0.15) is 6.17 Å². The standard InChI is InChI=1S/C22H23N3O4/c1-3-29-22(28)14-6-9-16(10-7-14)23-20(26)15-8-11-17-18(13-15)24(2)19-5-4-12-25(19)21(17)27/h6-11,13,19H,3-5,12H2,1-2H3,(H,23,26)/t19-/m1/s1. The Morgan fingerprint density at radius 3 is 2.59 bits per heavy atom. The van der Waals surface area contributed by atoms with Crippen molar-refractivity contribution in [1.82, 2.24) is 4.90 Å². The molecule has 0 bridgehead atoms. The lowest BCUT2D eigenvalue weighted by Gasteiger charge is -2.40. The summed E-state index contributed by atoms with van der Waals surface area (Å²) in [6.07, 6.45) is 1.98. The molecule has 4 rings (SSSR count). The molecule has 0 radical (unpaired) electrons. The van der Waals surface area contributed by atoms with Crippen molar-refractivity contribution in [3.63, 3.8) is 0 Å². The number of nitrogens with one attached hydrogen (secondary N) is 1. The maximum absolute atomic E-state index is 12.7. The molecular weight excluding hydrogens is 370 g/mol. The van der Waals surface area contributed by atoms with E-state index in [1.807, 2.05) is 11.9 Å². The molecule has 150 valence electrons. The molecule has 7 nitrogen and oxygen atoms in total. The molecule has 0 saturated carbocycles. The normalized spacial score (nSPS) is 17.6. The van der Waals surface area contributed by atoms with Gasteiger partial charge < -0.3 is 19.9 Å². The number of rotatable bonds is 4. The van der Waals surface area contributed by atoms with Crippen LogP contribution in [-0.2, 0) is 4.74 Å². The highest BCUT2D eigenvalue weighted by atomic mass is 16.5. The topological polar surface area (TPSA) is 79.0 Å². The largest absolute Gasteiger partial charge is 0.462 e. The molecule has 0 unspecified atom stereocenters. The Kier molecular flexibility index (Phi) is 4.96. The van der Waals surface area contributed by atoms with Crippen molar-refractivity contribution in [2.45, 2.75) is 25.9 Å². The smallest absolute Gasteiger partial charge is 0.338 e. The number of ether oxygens (including phenoxy) is 1. The molecular formula is C22H23N3O4. The first-order valence-corrected chi connectivity index (χ1v) is 9.76. The second kappa shape index (κ2) is 7.58. The highest BCUT2D eigenvalue weighted by Gasteiger charge is 2.38. The van der Waals surface area contributed by atoms with Crippen LogP contribution in [-0.4, -0.2) is 49.0 Å². The van der Waals surface area contributed by atoms with Gasteiger partial charge in [-0.3, -0.25) is 9.59 Å². The number of fused-ring (bicyclic) bond motifs is 2. The molecule has 7 heteroatoms. The Hall–Kier alpha value is -3.35. The molecule has 29 heavy (non-hydrogen) atoms. The van der Waals surface area contributed by atoms with Gasteiger partial charge in [0.15, 0.2) is 0 Å². The van der Waals surface area contributed by atoms with E-state index in [1.165, 1.54) is 0 Å². The zero-order valence-corrected chi connectivity index (χ0v) is 16.5. The predicted octanol–water partition coefficient (Wildman–Crippen LogP) is 3.13. The Morgan fingerprint density at radius 1 is 1.14 bits per heavy atom. The minimum atomic E-state index is -0.395. The van der Waals surface area contributed by atoms with Gasteiger partial charge in [0.2, 0.25) is 0 Å². The van der Waals surface area contributed by atoms with Crippen LogP contribution in [0.1, 0.15) is 50.8 Å². The second-order valence-corrected chi connectivity index (χ2v) is 7.22. The third kappa shape index (κ3) is 3.44. The second-order valence-electron chi connectivity index (χ2n) is 7.22. The van der Waals surface area contributed by atoms with Crippen LogP contribution in [0.3, 0.4) is 0 Å². The minimum Gasteiger partial charge on any atom is -0.462 e. The van der Waals surface area contributed by atoms with Crippen LogP contribution >= 0.6 is 0 Å². The number of anilines is 2. The van der Waals surface area contributed by atoms with Crippen LogP contribution in [0.4, 0.5) is 11.4 Å². The molecule has 2 heterocycles. The number of benzene rings is 2. The zero-order chi connectivity index (χ0) is 20.5. The first kappa shape index (κ1) is 19.0. The molecule has 2 amide bonds. The van der Waals surface area contributed by atoms with Gasteiger partial charge >= 0.3 is 5.97 Å². The van der Waals surface area contributed by atoms with E-state index in [1.54, 1.807) is 49.4 Å². The van der Waals surface area contributed by atoms with Gasteiger partial charge in [0.25, 0.3) is 11.8 Å². The predicted molar refractivity (Wildman–Crippen MR) is 109 cm³/mol. The van der Waals surface area contributed by atoms with Gasteiger partial charge in [-0.1, -0.05) is 0 Å². The molecule has 1 saturated heterocycles. The van der Waals surface area contributed by atoms with Crippen molar-refractivity contribution in [3.05, 3.63) is 59.2 Å². The summed E-state index contributed by atoms with van der Waals surface area (Å²) in [5, 5.41) is 2.83. The highest BCUT2D eigenvalue weighted by Crippen LogP contribution is 2.35. The summed E-state index contributed by atoms with van der Waals surface area (Å²) in [7, 11) is 1.96. The number of nitrogens with zero attached hydrogens (tertiary/aromatic N) is 2. The summed E-state index contributed by atoms with van der Waals surface area (Å²) in [5.41, 5.74) is 2.89. The molecule has 0 aliphatic carbocycles. The summed E-state index contributed by atoms with van der Waals surface area (Å²) in [5.74, 6) is -0.637. The number of esters is 1. The molecule has 2 aromatic carbocycles. The Labute approximate surface area is 169 Å². The maximum Gasteiger partial charge on any atom is 0.338 e. The SMILES string of the molecule is CCOC(=O)c1ccc(NC(=O)c2ccc3c(c2)N(C)[C@H]2CCCN2C3=O)cc1. The van der Waals surface area contributed by atoms with E-state index >= 15 is 0 Å². The molecule has 1 N–H and O–H groups in total. The molecule has 2 aromatic rings.